The van der Waals surface area contributed by atoms with Crippen molar-refractivity contribution in [2.24, 2.45) is 5.92 Å². The van der Waals surface area contributed by atoms with Crippen molar-refractivity contribution in [2.75, 3.05) is 11.9 Å². The first-order valence-electron chi connectivity index (χ1n) is 8.68. The number of benzene rings is 2. The van der Waals surface area contributed by atoms with Crippen LogP contribution in [0, 0.1) is 28.8 Å². The summed E-state index contributed by atoms with van der Waals surface area (Å²) in [5.41, 5.74) is 0.598. The van der Waals surface area contributed by atoms with Crippen LogP contribution in [0.4, 0.5) is 15.8 Å². The monoisotopic (exact) mass is 402 g/mol. The third kappa shape index (κ3) is 5.93. The fourth-order valence-corrected chi connectivity index (χ4v) is 2.53. The Labute approximate surface area is 165 Å². The zero-order valence-corrected chi connectivity index (χ0v) is 15.8. The van der Waals surface area contributed by atoms with Gasteiger partial charge in [0, 0.05) is 24.2 Å². The number of ketones is 1. The van der Waals surface area contributed by atoms with Gasteiger partial charge in [0.05, 0.1) is 16.4 Å². The molecule has 0 saturated carbocycles. The van der Waals surface area contributed by atoms with E-state index in [9.17, 15) is 28.9 Å². The van der Waals surface area contributed by atoms with Crippen molar-refractivity contribution in [3.05, 3.63) is 69.5 Å². The standard InChI is InChI=1S/C20H19FN2O6/c1-12-9-14(23(27)28)7-8-17(12)22-19(25)11-29-20(26)13(2)10-18(24)15-5-3-4-6-16(15)21/h3-9,13H,10-11H2,1-2H3,(H,22,25)/t13-/m0/s1. The van der Waals surface area contributed by atoms with E-state index >= 15 is 0 Å². The van der Waals surface area contributed by atoms with Crippen LogP contribution in [0.15, 0.2) is 42.5 Å². The molecule has 152 valence electrons. The van der Waals surface area contributed by atoms with Gasteiger partial charge in [0.25, 0.3) is 11.6 Å². The number of hydrogen-bond donors (Lipinski definition) is 1. The van der Waals surface area contributed by atoms with Crippen LogP contribution in [0.3, 0.4) is 0 Å². The van der Waals surface area contributed by atoms with E-state index in [0.717, 1.165) is 6.07 Å². The molecule has 0 radical (unpaired) electrons. The molecule has 0 saturated heterocycles. The van der Waals surface area contributed by atoms with Gasteiger partial charge in [-0.05, 0) is 30.7 Å². The maximum absolute atomic E-state index is 13.6. The van der Waals surface area contributed by atoms with Crippen LogP contribution in [0.5, 0.6) is 0 Å². The van der Waals surface area contributed by atoms with E-state index in [-0.39, 0.29) is 17.7 Å². The molecule has 2 aromatic carbocycles. The highest BCUT2D eigenvalue weighted by Crippen LogP contribution is 2.21. The number of esters is 1. The number of non-ortho nitro benzene ring substituents is 1. The van der Waals surface area contributed by atoms with Crippen molar-refractivity contribution >= 4 is 29.0 Å². The first-order valence-corrected chi connectivity index (χ1v) is 8.68. The van der Waals surface area contributed by atoms with Crippen LogP contribution < -0.4 is 5.32 Å². The molecule has 9 heteroatoms. The molecule has 2 rings (SSSR count). The molecule has 1 N–H and O–H groups in total. The molecule has 1 amide bonds. The molecule has 29 heavy (non-hydrogen) atoms. The molecule has 2 aromatic rings. The molecule has 0 aliphatic carbocycles. The van der Waals surface area contributed by atoms with Gasteiger partial charge in [-0.1, -0.05) is 19.1 Å². The Kier molecular flexibility index (Phi) is 7.13. The number of ether oxygens (including phenoxy) is 1. The second kappa shape index (κ2) is 9.54. The van der Waals surface area contributed by atoms with E-state index in [1.807, 2.05) is 0 Å². The molecule has 0 spiro atoms. The molecular formula is C20H19FN2O6. The lowest BCUT2D eigenvalue weighted by molar-refractivity contribution is -0.384. The molecule has 8 nitrogen and oxygen atoms in total. The number of aryl methyl sites for hydroxylation is 1. The van der Waals surface area contributed by atoms with Gasteiger partial charge in [0.15, 0.2) is 12.4 Å². The van der Waals surface area contributed by atoms with Crippen LogP contribution in [0.25, 0.3) is 0 Å². The highest BCUT2D eigenvalue weighted by molar-refractivity contribution is 5.98. The lowest BCUT2D eigenvalue weighted by Gasteiger charge is -2.12. The topological polar surface area (TPSA) is 116 Å². The summed E-state index contributed by atoms with van der Waals surface area (Å²) in [5.74, 6) is -3.49. The molecule has 1 atom stereocenters. The number of halogens is 1. The highest BCUT2D eigenvalue weighted by Gasteiger charge is 2.22. The average molecular weight is 402 g/mol. The largest absolute Gasteiger partial charge is 0.455 e. The van der Waals surface area contributed by atoms with Gasteiger partial charge >= 0.3 is 5.97 Å². The smallest absolute Gasteiger partial charge is 0.309 e. The number of anilines is 1. The Morgan fingerprint density at radius 1 is 1.21 bits per heavy atom. The number of Topliss-reactive ketones (excluding diaryl/α,β-unsaturated/α-hetero) is 1. The predicted molar refractivity (Wildman–Crippen MR) is 102 cm³/mol. The van der Waals surface area contributed by atoms with Crippen LogP contribution >= 0.6 is 0 Å². The Hall–Kier alpha value is -3.62. The van der Waals surface area contributed by atoms with E-state index in [2.05, 4.69) is 5.32 Å². The predicted octanol–water partition coefficient (Wildman–Crippen LogP) is 3.43. The van der Waals surface area contributed by atoms with E-state index < -0.39 is 40.9 Å². The van der Waals surface area contributed by atoms with Crippen LogP contribution in [0.1, 0.15) is 29.3 Å². The fraction of sp³-hybridized carbons (Fsp3) is 0.250. The molecule has 0 bridgehead atoms. The van der Waals surface area contributed by atoms with Gasteiger partial charge in [-0.2, -0.15) is 0 Å². The lowest BCUT2D eigenvalue weighted by atomic mass is 9.99. The zero-order chi connectivity index (χ0) is 21.6. The first kappa shape index (κ1) is 21.7. The Morgan fingerprint density at radius 2 is 1.90 bits per heavy atom. The number of hydrogen-bond acceptors (Lipinski definition) is 6. The van der Waals surface area contributed by atoms with Gasteiger partial charge in [0.2, 0.25) is 0 Å². The second-order valence-corrected chi connectivity index (χ2v) is 6.42. The number of nitrogens with one attached hydrogen (secondary N) is 1. The first-order chi connectivity index (χ1) is 13.7. The normalized spacial score (nSPS) is 11.4. The third-order valence-corrected chi connectivity index (χ3v) is 4.11. The lowest BCUT2D eigenvalue weighted by Crippen LogP contribution is -2.25. The number of carbonyl (C=O) groups excluding carboxylic acids is 3. The van der Waals surface area contributed by atoms with Gasteiger partial charge in [-0.3, -0.25) is 24.5 Å². The maximum Gasteiger partial charge on any atom is 0.309 e. The van der Waals surface area contributed by atoms with Crippen molar-refractivity contribution < 1.29 is 28.4 Å². The van der Waals surface area contributed by atoms with Crippen LogP contribution in [0.2, 0.25) is 0 Å². The summed E-state index contributed by atoms with van der Waals surface area (Å²) in [4.78, 5) is 46.3. The molecule has 0 aliphatic rings. The number of nitrogens with zero attached hydrogens (tertiary/aromatic N) is 1. The minimum atomic E-state index is -0.865. The molecule has 0 heterocycles. The molecule has 0 fully saturated rings. The van der Waals surface area contributed by atoms with Crippen molar-refractivity contribution in [1.29, 1.82) is 0 Å². The SMILES string of the molecule is Cc1cc([N+](=O)[O-])ccc1NC(=O)COC(=O)[C@@H](C)CC(=O)c1ccccc1F. The second-order valence-electron chi connectivity index (χ2n) is 6.42. The third-order valence-electron chi connectivity index (χ3n) is 4.11. The summed E-state index contributed by atoms with van der Waals surface area (Å²) >= 11 is 0. The summed E-state index contributed by atoms with van der Waals surface area (Å²) in [5, 5.41) is 13.2. The number of amides is 1. The summed E-state index contributed by atoms with van der Waals surface area (Å²) in [6, 6.07) is 9.38. The molecular weight excluding hydrogens is 383 g/mol. The van der Waals surface area contributed by atoms with Gasteiger partial charge in [-0.15, -0.1) is 0 Å². The van der Waals surface area contributed by atoms with Gasteiger partial charge in [-0.25, -0.2) is 4.39 Å². The van der Waals surface area contributed by atoms with Crippen molar-refractivity contribution in [3.63, 3.8) is 0 Å². The maximum atomic E-state index is 13.6. The minimum Gasteiger partial charge on any atom is -0.455 e. The number of nitro benzene ring substituents is 1. The minimum absolute atomic E-state index is 0.111. The number of carbonyl (C=O) groups is 3. The zero-order valence-electron chi connectivity index (χ0n) is 15.8. The fourth-order valence-electron chi connectivity index (χ4n) is 2.53. The van der Waals surface area contributed by atoms with Gasteiger partial charge < -0.3 is 10.1 Å². The van der Waals surface area contributed by atoms with Crippen molar-refractivity contribution in [3.8, 4) is 0 Å². The Morgan fingerprint density at radius 3 is 2.52 bits per heavy atom. The van der Waals surface area contributed by atoms with E-state index in [1.165, 1.54) is 43.3 Å². The Bertz CT molecular complexity index is 960. The summed E-state index contributed by atoms with van der Waals surface area (Å²) in [7, 11) is 0. The van der Waals surface area contributed by atoms with E-state index in [1.54, 1.807) is 6.92 Å². The molecule has 0 aliphatic heterocycles. The van der Waals surface area contributed by atoms with Gasteiger partial charge in [0.1, 0.15) is 5.82 Å². The quantitative estimate of drug-likeness (QED) is 0.313. The van der Waals surface area contributed by atoms with Crippen LogP contribution in [-0.2, 0) is 14.3 Å². The average Bonchev–Trinajstić information content (AvgIpc) is 2.67. The number of nitro groups is 1. The summed E-state index contributed by atoms with van der Waals surface area (Å²) < 4.78 is 18.5. The highest BCUT2D eigenvalue weighted by atomic mass is 19.1. The van der Waals surface area contributed by atoms with E-state index in [0.29, 0.717) is 11.3 Å². The van der Waals surface area contributed by atoms with Crippen molar-refractivity contribution in [1.82, 2.24) is 0 Å². The summed E-state index contributed by atoms with van der Waals surface area (Å²) in [6.07, 6.45) is -0.261. The van der Waals surface area contributed by atoms with Crippen molar-refractivity contribution in [2.45, 2.75) is 20.3 Å². The molecule has 0 unspecified atom stereocenters. The Balaban J connectivity index is 1.86. The summed E-state index contributed by atoms with van der Waals surface area (Å²) in [6.45, 7) is 2.44. The molecule has 0 aromatic heterocycles. The number of rotatable bonds is 8. The van der Waals surface area contributed by atoms with E-state index in [4.69, 9.17) is 4.74 Å². The van der Waals surface area contributed by atoms with Crippen LogP contribution in [-0.4, -0.2) is 29.2 Å².